The molecule has 0 radical (unpaired) electrons. The van der Waals surface area contributed by atoms with Crippen LogP contribution in [0.25, 0.3) is 22.8 Å². The number of anilines is 1. The molecule has 0 unspecified atom stereocenters. The fourth-order valence-corrected chi connectivity index (χ4v) is 2.90. The molecular weight excluding hydrogens is 399 g/mol. The van der Waals surface area contributed by atoms with Gasteiger partial charge in [0.05, 0.1) is 10.6 Å². The van der Waals surface area contributed by atoms with Crippen LogP contribution in [0.5, 0.6) is 0 Å². The van der Waals surface area contributed by atoms with Crippen molar-refractivity contribution in [2.24, 2.45) is 0 Å². The Hall–Kier alpha value is -3.22. The molecular formula is C20H12Cl2N4O2. The summed E-state index contributed by atoms with van der Waals surface area (Å²) in [7, 11) is 0. The summed E-state index contributed by atoms with van der Waals surface area (Å²) in [5.41, 5.74) is 2.24. The van der Waals surface area contributed by atoms with Crippen LogP contribution in [0.1, 0.15) is 10.5 Å². The summed E-state index contributed by atoms with van der Waals surface area (Å²) in [6.45, 7) is 0. The molecule has 0 spiro atoms. The Morgan fingerprint density at radius 2 is 1.68 bits per heavy atom. The third-order valence-corrected chi connectivity index (χ3v) is 4.42. The molecule has 1 N–H and O–H groups in total. The molecule has 0 aliphatic heterocycles. The van der Waals surface area contributed by atoms with Gasteiger partial charge in [-0.1, -0.05) is 46.6 Å². The summed E-state index contributed by atoms with van der Waals surface area (Å²) in [5, 5.41) is 7.55. The number of pyridine rings is 1. The van der Waals surface area contributed by atoms with Crippen LogP contribution in [0.2, 0.25) is 10.2 Å². The zero-order valence-electron chi connectivity index (χ0n) is 14.3. The highest BCUT2D eigenvalue weighted by atomic mass is 35.5. The largest absolute Gasteiger partial charge is 0.334 e. The van der Waals surface area contributed by atoms with Gasteiger partial charge in [-0.25, -0.2) is 4.98 Å². The molecule has 2 heterocycles. The quantitative estimate of drug-likeness (QED) is 0.458. The molecule has 2 aromatic carbocycles. The number of nitrogens with zero attached hydrogens (tertiary/aromatic N) is 3. The summed E-state index contributed by atoms with van der Waals surface area (Å²) in [5.74, 6) is 0.408. The standard InChI is InChI=1S/C20H12Cl2N4O2/c21-15-5-2-1-4-14(15)20-25-18(26-28-20)12-8-10-13(11-9-12)23-19(27)16-6-3-7-17(22)24-16/h1-11H,(H,23,27). The van der Waals surface area contributed by atoms with E-state index in [1.807, 2.05) is 18.2 Å². The van der Waals surface area contributed by atoms with Crippen molar-refractivity contribution in [2.45, 2.75) is 0 Å². The van der Waals surface area contributed by atoms with Gasteiger partial charge in [0.25, 0.3) is 11.8 Å². The molecule has 0 aliphatic rings. The SMILES string of the molecule is O=C(Nc1ccc(-c2noc(-c3ccccc3Cl)n2)cc1)c1cccc(Cl)n1. The highest BCUT2D eigenvalue weighted by Gasteiger charge is 2.13. The second-order valence-electron chi connectivity index (χ2n) is 5.78. The first-order valence-corrected chi connectivity index (χ1v) is 8.99. The van der Waals surface area contributed by atoms with Crippen LogP contribution < -0.4 is 5.32 Å². The Bertz CT molecular complexity index is 1140. The highest BCUT2D eigenvalue weighted by Crippen LogP contribution is 2.28. The number of carbonyl (C=O) groups excluding carboxylic acids is 1. The maximum absolute atomic E-state index is 12.2. The third kappa shape index (κ3) is 3.88. The zero-order chi connectivity index (χ0) is 19.5. The average Bonchev–Trinajstić information content (AvgIpc) is 3.19. The number of halogens is 2. The van der Waals surface area contributed by atoms with Gasteiger partial charge in [0, 0.05) is 11.3 Å². The van der Waals surface area contributed by atoms with E-state index in [0.717, 1.165) is 5.56 Å². The topological polar surface area (TPSA) is 80.9 Å². The van der Waals surface area contributed by atoms with Gasteiger partial charge in [0.15, 0.2) is 0 Å². The lowest BCUT2D eigenvalue weighted by molar-refractivity contribution is 0.102. The Balaban J connectivity index is 1.51. The summed E-state index contributed by atoms with van der Waals surface area (Å²) >= 11 is 12.0. The van der Waals surface area contributed by atoms with Crippen LogP contribution in [0, 0.1) is 0 Å². The first-order chi connectivity index (χ1) is 13.6. The van der Waals surface area contributed by atoms with Crippen LogP contribution in [-0.2, 0) is 0 Å². The predicted molar refractivity (Wildman–Crippen MR) is 107 cm³/mol. The molecule has 4 aromatic rings. The Morgan fingerprint density at radius 3 is 2.43 bits per heavy atom. The monoisotopic (exact) mass is 410 g/mol. The lowest BCUT2D eigenvalue weighted by atomic mass is 10.2. The number of hydrogen-bond acceptors (Lipinski definition) is 5. The maximum Gasteiger partial charge on any atom is 0.274 e. The van der Waals surface area contributed by atoms with Gasteiger partial charge in [-0.2, -0.15) is 4.98 Å². The molecule has 0 fully saturated rings. The van der Waals surface area contributed by atoms with E-state index in [-0.39, 0.29) is 16.8 Å². The van der Waals surface area contributed by atoms with Crippen molar-refractivity contribution in [3.63, 3.8) is 0 Å². The molecule has 2 aromatic heterocycles. The summed E-state index contributed by atoms with van der Waals surface area (Å²) in [4.78, 5) is 20.6. The zero-order valence-corrected chi connectivity index (χ0v) is 15.8. The van der Waals surface area contributed by atoms with E-state index in [4.69, 9.17) is 27.7 Å². The Labute approximate surface area is 170 Å². The second-order valence-corrected chi connectivity index (χ2v) is 6.57. The predicted octanol–water partition coefficient (Wildman–Crippen LogP) is 5.36. The number of hydrogen-bond donors (Lipinski definition) is 1. The lowest BCUT2D eigenvalue weighted by Gasteiger charge is -2.05. The number of carbonyl (C=O) groups is 1. The smallest absolute Gasteiger partial charge is 0.274 e. The fourth-order valence-electron chi connectivity index (χ4n) is 2.52. The average molecular weight is 411 g/mol. The minimum atomic E-state index is -0.351. The van der Waals surface area contributed by atoms with Gasteiger partial charge in [0.2, 0.25) is 5.82 Å². The minimum absolute atomic E-state index is 0.235. The molecule has 0 saturated heterocycles. The summed E-state index contributed by atoms with van der Waals surface area (Å²) < 4.78 is 5.31. The first-order valence-electron chi connectivity index (χ1n) is 8.23. The van der Waals surface area contributed by atoms with Crippen LogP contribution in [0.15, 0.2) is 71.3 Å². The van der Waals surface area contributed by atoms with Crippen molar-refractivity contribution in [1.29, 1.82) is 0 Å². The molecule has 4 rings (SSSR count). The Kier molecular flexibility index (Phi) is 5.06. The van der Waals surface area contributed by atoms with E-state index < -0.39 is 0 Å². The van der Waals surface area contributed by atoms with Gasteiger partial charge >= 0.3 is 0 Å². The van der Waals surface area contributed by atoms with Crippen LogP contribution in [-0.4, -0.2) is 21.0 Å². The molecule has 0 bridgehead atoms. The molecule has 1 amide bonds. The number of nitrogens with one attached hydrogen (secondary N) is 1. The van der Waals surface area contributed by atoms with Gasteiger partial charge in [-0.05, 0) is 48.5 Å². The maximum atomic E-state index is 12.2. The van der Waals surface area contributed by atoms with E-state index in [1.165, 1.54) is 0 Å². The van der Waals surface area contributed by atoms with Crippen LogP contribution in [0.4, 0.5) is 5.69 Å². The van der Waals surface area contributed by atoms with Gasteiger partial charge in [-0.15, -0.1) is 0 Å². The van der Waals surface area contributed by atoms with Crippen molar-refractivity contribution < 1.29 is 9.32 Å². The molecule has 0 atom stereocenters. The molecule has 28 heavy (non-hydrogen) atoms. The number of rotatable bonds is 4. The van der Waals surface area contributed by atoms with E-state index >= 15 is 0 Å². The fraction of sp³-hybridized carbons (Fsp3) is 0. The van der Waals surface area contributed by atoms with Gasteiger partial charge in [-0.3, -0.25) is 4.79 Å². The van der Waals surface area contributed by atoms with E-state index in [2.05, 4.69) is 20.4 Å². The number of aromatic nitrogens is 3. The van der Waals surface area contributed by atoms with E-state index in [9.17, 15) is 4.79 Å². The third-order valence-electron chi connectivity index (χ3n) is 3.88. The van der Waals surface area contributed by atoms with Gasteiger partial charge in [0.1, 0.15) is 10.8 Å². The van der Waals surface area contributed by atoms with Crippen LogP contribution in [0.3, 0.4) is 0 Å². The van der Waals surface area contributed by atoms with Crippen molar-refractivity contribution in [3.05, 3.63) is 82.6 Å². The minimum Gasteiger partial charge on any atom is -0.334 e. The normalized spacial score (nSPS) is 10.6. The van der Waals surface area contributed by atoms with Crippen molar-refractivity contribution in [3.8, 4) is 22.8 Å². The molecule has 8 heteroatoms. The second kappa shape index (κ2) is 7.80. The van der Waals surface area contributed by atoms with Crippen molar-refractivity contribution in [1.82, 2.24) is 15.1 Å². The van der Waals surface area contributed by atoms with Gasteiger partial charge < -0.3 is 9.84 Å². The van der Waals surface area contributed by atoms with Crippen LogP contribution >= 0.6 is 23.2 Å². The molecule has 0 saturated carbocycles. The Morgan fingerprint density at radius 1 is 0.893 bits per heavy atom. The van der Waals surface area contributed by atoms with E-state index in [0.29, 0.717) is 28.0 Å². The van der Waals surface area contributed by atoms with Crippen molar-refractivity contribution in [2.75, 3.05) is 5.32 Å². The highest BCUT2D eigenvalue weighted by molar-refractivity contribution is 6.33. The number of amides is 1. The lowest BCUT2D eigenvalue weighted by Crippen LogP contribution is -2.13. The number of benzene rings is 2. The molecule has 138 valence electrons. The molecule has 0 aliphatic carbocycles. The summed E-state index contributed by atoms with van der Waals surface area (Å²) in [6, 6.07) is 19.1. The molecule has 6 nitrogen and oxygen atoms in total. The first kappa shape index (κ1) is 18.2. The summed E-state index contributed by atoms with van der Waals surface area (Å²) in [6.07, 6.45) is 0. The van der Waals surface area contributed by atoms with E-state index in [1.54, 1.807) is 48.5 Å². The van der Waals surface area contributed by atoms with Crippen molar-refractivity contribution >= 4 is 34.8 Å².